The summed E-state index contributed by atoms with van der Waals surface area (Å²) in [5.74, 6) is -0.0477. The van der Waals surface area contributed by atoms with E-state index in [1.807, 2.05) is 19.9 Å². The number of carboxylic acid groups (broad SMARTS) is 1. The van der Waals surface area contributed by atoms with Gasteiger partial charge in [0.1, 0.15) is 5.75 Å². The topological polar surface area (TPSA) is 46.5 Å². The summed E-state index contributed by atoms with van der Waals surface area (Å²) in [5.41, 5.74) is 2.19. The maximum atomic E-state index is 12.0. The lowest BCUT2D eigenvalue weighted by Gasteiger charge is -2.36. The molecule has 2 rings (SSSR count). The Morgan fingerprint density at radius 1 is 1.30 bits per heavy atom. The zero-order valence-corrected chi connectivity index (χ0v) is 13.8. The quantitative estimate of drug-likeness (QED) is 0.888. The molecule has 3 nitrogen and oxygen atoms in total. The first-order valence-electron chi connectivity index (χ1n) is 7.01. The fourth-order valence-electron chi connectivity index (χ4n) is 3.35. The summed E-state index contributed by atoms with van der Waals surface area (Å²) in [6.45, 7) is 4.01. The van der Waals surface area contributed by atoms with Gasteiger partial charge >= 0.3 is 5.97 Å². The monoisotopic (exact) mass is 340 g/mol. The molecule has 0 aliphatic heterocycles. The Morgan fingerprint density at radius 2 is 1.90 bits per heavy atom. The van der Waals surface area contributed by atoms with Gasteiger partial charge in [-0.25, -0.2) is 0 Å². The summed E-state index contributed by atoms with van der Waals surface area (Å²) in [6, 6.07) is 2.00. The zero-order valence-electron chi connectivity index (χ0n) is 12.3. The van der Waals surface area contributed by atoms with Crippen LogP contribution in [0.1, 0.15) is 48.8 Å². The molecule has 1 aromatic carbocycles. The number of aryl methyl sites for hydroxylation is 1. The van der Waals surface area contributed by atoms with E-state index in [4.69, 9.17) is 4.74 Å². The number of aliphatic carboxylic acids is 1. The number of carboxylic acids is 1. The van der Waals surface area contributed by atoms with Gasteiger partial charge in [0.05, 0.1) is 17.0 Å². The van der Waals surface area contributed by atoms with Crippen LogP contribution in [0.5, 0.6) is 5.75 Å². The Balaban J connectivity index is 2.73. The van der Waals surface area contributed by atoms with Crippen molar-refractivity contribution in [2.45, 2.75) is 51.4 Å². The second kappa shape index (κ2) is 5.76. The van der Waals surface area contributed by atoms with Crippen molar-refractivity contribution in [2.24, 2.45) is 0 Å². The van der Waals surface area contributed by atoms with E-state index in [0.717, 1.165) is 40.4 Å². The second-order valence-electron chi connectivity index (χ2n) is 5.66. The van der Waals surface area contributed by atoms with Gasteiger partial charge in [0.25, 0.3) is 0 Å². The highest BCUT2D eigenvalue weighted by atomic mass is 79.9. The molecule has 4 heteroatoms. The minimum atomic E-state index is -0.803. The minimum Gasteiger partial charge on any atom is -0.495 e. The summed E-state index contributed by atoms with van der Waals surface area (Å²) in [7, 11) is 1.61. The van der Waals surface area contributed by atoms with Crippen molar-refractivity contribution in [1.29, 1.82) is 0 Å². The van der Waals surface area contributed by atoms with Crippen LogP contribution in [0.15, 0.2) is 10.5 Å². The third-order valence-corrected chi connectivity index (χ3v) is 5.14. The normalized spacial score (nSPS) is 17.8. The lowest BCUT2D eigenvalue weighted by atomic mass is 9.67. The van der Waals surface area contributed by atoms with Gasteiger partial charge in [-0.05, 0) is 59.8 Å². The van der Waals surface area contributed by atoms with E-state index in [0.29, 0.717) is 18.6 Å². The van der Waals surface area contributed by atoms with E-state index in [1.54, 1.807) is 7.11 Å². The number of rotatable bonds is 3. The zero-order chi connectivity index (χ0) is 14.9. The minimum absolute atomic E-state index is 0.678. The molecule has 1 saturated carbocycles. The first-order chi connectivity index (χ1) is 9.44. The molecule has 0 amide bonds. The molecule has 0 heterocycles. The molecular weight excluding hydrogens is 320 g/mol. The van der Waals surface area contributed by atoms with Gasteiger partial charge in [0, 0.05) is 5.56 Å². The number of ether oxygens (including phenoxy) is 1. The van der Waals surface area contributed by atoms with Crippen LogP contribution >= 0.6 is 15.9 Å². The van der Waals surface area contributed by atoms with E-state index < -0.39 is 11.4 Å². The molecule has 110 valence electrons. The number of halogens is 1. The summed E-state index contributed by atoms with van der Waals surface area (Å²) >= 11 is 3.51. The Kier molecular flexibility index (Phi) is 4.43. The smallest absolute Gasteiger partial charge is 0.314 e. The van der Waals surface area contributed by atoms with Crippen molar-refractivity contribution in [3.8, 4) is 5.75 Å². The molecule has 0 aromatic heterocycles. The van der Waals surface area contributed by atoms with Crippen LogP contribution in [0.3, 0.4) is 0 Å². The van der Waals surface area contributed by atoms with E-state index in [9.17, 15) is 9.90 Å². The predicted molar refractivity (Wildman–Crippen MR) is 82.6 cm³/mol. The molecular formula is C16H21BrO3. The fourth-order valence-corrected chi connectivity index (χ4v) is 4.06. The molecule has 0 bridgehead atoms. The van der Waals surface area contributed by atoms with E-state index in [-0.39, 0.29) is 0 Å². The van der Waals surface area contributed by atoms with E-state index in [2.05, 4.69) is 15.9 Å². The lowest BCUT2D eigenvalue weighted by molar-refractivity contribution is -0.145. The van der Waals surface area contributed by atoms with Crippen molar-refractivity contribution in [3.05, 3.63) is 27.2 Å². The third kappa shape index (κ3) is 2.34. The van der Waals surface area contributed by atoms with Crippen molar-refractivity contribution >= 4 is 21.9 Å². The summed E-state index contributed by atoms with van der Waals surface area (Å²) in [4.78, 5) is 12.0. The molecule has 0 saturated heterocycles. The van der Waals surface area contributed by atoms with Gasteiger partial charge < -0.3 is 9.84 Å². The fraction of sp³-hybridized carbons (Fsp3) is 0.562. The Hall–Kier alpha value is -1.03. The molecule has 1 aliphatic carbocycles. The summed E-state index contributed by atoms with van der Waals surface area (Å²) in [6.07, 6.45) is 4.41. The lowest BCUT2D eigenvalue weighted by Crippen LogP contribution is -2.39. The highest BCUT2D eigenvalue weighted by Crippen LogP contribution is 2.48. The molecule has 1 aromatic rings. The number of benzene rings is 1. The Labute approximate surface area is 128 Å². The van der Waals surface area contributed by atoms with Gasteiger partial charge in [-0.1, -0.05) is 19.3 Å². The van der Waals surface area contributed by atoms with Crippen LogP contribution in [0.25, 0.3) is 0 Å². The van der Waals surface area contributed by atoms with Crippen LogP contribution in [-0.4, -0.2) is 18.2 Å². The molecule has 1 N–H and O–H groups in total. The largest absolute Gasteiger partial charge is 0.495 e. The summed E-state index contributed by atoms with van der Waals surface area (Å²) in [5, 5.41) is 9.90. The predicted octanol–water partition coefficient (Wildman–Crippen LogP) is 4.36. The van der Waals surface area contributed by atoms with E-state index >= 15 is 0 Å². The maximum absolute atomic E-state index is 12.0. The van der Waals surface area contributed by atoms with Crippen molar-refractivity contribution in [3.63, 3.8) is 0 Å². The van der Waals surface area contributed by atoms with Crippen LogP contribution in [0, 0.1) is 13.8 Å². The second-order valence-corrected chi connectivity index (χ2v) is 6.51. The highest BCUT2D eigenvalue weighted by Gasteiger charge is 2.45. The third-order valence-electron chi connectivity index (χ3n) is 4.55. The van der Waals surface area contributed by atoms with Crippen LogP contribution in [0.4, 0.5) is 0 Å². The van der Waals surface area contributed by atoms with Gasteiger partial charge in [0.15, 0.2) is 0 Å². The van der Waals surface area contributed by atoms with Gasteiger partial charge in [-0.15, -0.1) is 0 Å². The number of carbonyl (C=O) groups is 1. The highest BCUT2D eigenvalue weighted by molar-refractivity contribution is 9.10. The first kappa shape index (κ1) is 15.4. The number of methoxy groups -OCH3 is 1. The molecule has 1 aliphatic rings. The molecule has 0 unspecified atom stereocenters. The average Bonchev–Trinajstić information content (AvgIpc) is 2.43. The molecule has 1 fully saturated rings. The van der Waals surface area contributed by atoms with Crippen molar-refractivity contribution in [2.75, 3.05) is 7.11 Å². The van der Waals surface area contributed by atoms with Crippen LogP contribution in [-0.2, 0) is 10.2 Å². The molecule has 0 atom stereocenters. The van der Waals surface area contributed by atoms with Crippen molar-refractivity contribution < 1.29 is 14.6 Å². The maximum Gasteiger partial charge on any atom is 0.314 e. The first-order valence-corrected chi connectivity index (χ1v) is 7.81. The Morgan fingerprint density at radius 3 is 2.40 bits per heavy atom. The number of hydrogen-bond donors (Lipinski definition) is 1. The van der Waals surface area contributed by atoms with E-state index in [1.165, 1.54) is 0 Å². The summed E-state index contributed by atoms with van der Waals surface area (Å²) < 4.78 is 6.37. The van der Waals surface area contributed by atoms with Crippen molar-refractivity contribution in [1.82, 2.24) is 0 Å². The van der Waals surface area contributed by atoms with Gasteiger partial charge in [-0.2, -0.15) is 0 Å². The van der Waals surface area contributed by atoms with Crippen LogP contribution < -0.4 is 4.74 Å². The Bertz CT molecular complexity index is 531. The molecule has 0 radical (unpaired) electrons. The standard InChI is InChI=1S/C16H21BrO3/c1-10-9-12(17)14(20-3)13(11(10)2)16(15(18)19)7-5-4-6-8-16/h9H,4-8H2,1-3H3,(H,18,19). The molecule has 20 heavy (non-hydrogen) atoms. The average molecular weight is 341 g/mol. The van der Waals surface area contributed by atoms with Crippen LogP contribution in [0.2, 0.25) is 0 Å². The number of hydrogen-bond acceptors (Lipinski definition) is 2. The SMILES string of the molecule is COc1c(Br)cc(C)c(C)c1C1(C(=O)O)CCCCC1. The van der Waals surface area contributed by atoms with Gasteiger partial charge in [-0.3, -0.25) is 4.79 Å². The van der Waals surface area contributed by atoms with Gasteiger partial charge in [0.2, 0.25) is 0 Å². The molecule has 0 spiro atoms.